The minimum atomic E-state index is -1.64. The van der Waals surface area contributed by atoms with Gasteiger partial charge in [-0.3, -0.25) is 28.8 Å². The summed E-state index contributed by atoms with van der Waals surface area (Å²) in [4.78, 5) is 78.8. The van der Waals surface area contributed by atoms with Crippen LogP contribution in [0.5, 0.6) is 11.5 Å². The summed E-state index contributed by atoms with van der Waals surface area (Å²) in [7, 11) is 3.00. The number of benzene rings is 5. The first-order valence-corrected chi connectivity index (χ1v) is 22.8. The van der Waals surface area contributed by atoms with Crippen LogP contribution >= 0.6 is 58.0 Å². The molecule has 5 rings (SSSR count). The average molecular weight is 1030 g/mol. The van der Waals surface area contributed by atoms with E-state index in [2.05, 4.69) is 41.7 Å². The first kappa shape index (κ1) is 52.5. The summed E-state index contributed by atoms with van der Waals surface area (Å²) < 4.78 is 10.7. The molecule has 0 radical (unpaired) electrons. The van der Waals surface area contributed by atoms with Crippen molar-refractivity contribution < 1.29 is 38.2 Å². The third kappa shape index (κ3) is 14.1. The number of carbonyl (C=O) groups excluding carboxylic acids is 6. The number of halogens is 5. The first-order chi connectivity index (χ1) is 32.6. The first-order valence-electron chi connectivity index (χ1n) is 20.4. The summed E-state index contributed by atoms with van der Waals surface area (Å²) >= 11 is 31.2. The molecule has 0 aromatic heterocycles. The monoisotopic (exact) mass is 1020 g/mol. The van der Waals surface area contributed by atoms with Gasteiger partial charge in [0, 0.05) is 52.5 Å². The Morgan fingerprint density at radius 2 is 1.01 bits per heavy atom. The fourth-order valence-corrected chi connectivity index (χ4v) is 7.50. The van der Waals surface area contributed by atoms with E-state index in [1.807, 2.05) is 0 Å². The number of Topliss-reactive ketones (excluding diaryl/α,β-unsaturated/α-hetero) is 2. The molecule has 0 saturated heterocycles. The molecule has 354 valence electrons. The zero-order valence-corrected chi connectivity index (χ0v) is 40.6. The molecule has 16 nitrogen and oxygen atoms in total. The maximum absolute atomic E-state index is 13.5. The van der Waals surface area contributed by atoms with E-state index < -0.39 is 47.3 Å². The molecule has 0 aliphatic rings. The lowest BCUT2D eigenvalue weighted by Gasteiger charge is -2.15. The number of methoxy groups -OCH3 is 2. The van der Waals surface area contributed by atoms with E-state index in [1.165, 1.54) is 68.8 Å². The highest BCUT2D eigenvalue weighted by molar-refractivity contribution is 6.37. The fraction of sp³-hybridized carbons (Fsp3) is 0.234. The Bertz CT molecular complexity index is 2790. The molecule has 0 bridgehead atoms. The highest BCUT2D eigenvalue weighted by Crippen LogP contribution is 2.33. The molecular formula is C47H43Cl5N8O8. The van der Waals surface area contributed by atoms with Crippen molar-refractivity contribution in [3.63, 3.8) is 0 Å². The normalized spacial score (nSPS) is 12.0. The molecule has 2 atom stereocenters. The summed E-state index contributed by atoms with van der Waals surface area (Å²) in [6, 6.07) is 20.3. The van der Waals surface area contributed by atoms with E-state index >= 15 is 0 Å². The highest BCUT2D eigenvalue weighted by Gasteiger charge is 2.27. The van der Waals surface area contributed by atoms with Crippen LogP contribution in [0.1, 0.15) is 51.3 Å². The van der Waals surface area contributed by atoms with E-state index in [1.54, 1.807) is 36.4 Å². The van der Waals surface area contributed by atoms with Gasteiger partial charge in [0.05, 0.1) is 35.4 Å². The number of ether oxygens (including phenoxy) is 2. The zero-order valence-electron chi connectivity index (χ0n) is 36.8. The van der Waals surface area contributed by atoms with Gasteiger partial charge in [0.15, 0.2) is 11.6 Å². The van der Waals surface area contributed by atoms with Crippen molar-refractivity contribution in [3.8, 4) is 11.5 Å². The fourth-order valence-electron chi connectivity index (χ4n) is 6.34. The van der Waals surface area contributed by atoms with Crippen LogP contribution < -0.4 is 30.7 Å². The number of ketones is 2. The largest absolute Gasteiger partial charge is 0.497 e. The second kappa shape index (κ2) is 25.1. The summed E-state index contributed by atoms with van der Waals surface area (Å²) in [5, 5.41) is 26.6. The molecule has 0 aliphatic heterocycles. The molecule has 4 amide bonds. The number of hydrogen-bond acceptors (Lipinski definition) is 12. The Morgan fingerprint density at radius 3 is 1.43 bits per heavy atom. The van der Waals surface area contributed by atoms with Crippen molar-refractivity contribution in [2.24, 2.45) is 20.5 Å². The molecule has 0 saturated carbocycles. The molecule has 0 spiro atoms. The van der Waals surface area contributed by atoms with Crippen LogP contribution in [0.4, 0.5) is 34.1 Å². The summed E-state index contributed by atoms with van der Waals surface area (Å²) in [5.74, 6) is -2.57. The number of anilines is 4. The van der Waals surface area contributed by atoms with E-state index in [9.17, 15) is 28.8 Å². The third-order valence-corrected chi connectivity index (χ3v) is 11.2. The van der Waals surface area contributed by atoms with Gasteiger partial charge in [0.1, 0.15) is 22.9 Å². The van der Waals surface area contributed by atoms with Crippen LogP contribution in [0.15, 0.2) is 111 Å². The zero-order chi connectivity index (χ0) is 49.5. The highest BCUT2D eigenvalue weighted by atomic mass is 35.5. The van der Waals surface area contributed by atoms with Crippen molar-refractivity contribution in [2.75, 3.05) is 47.2 Å². The minimum Gasteiger partial charge on any atom is -0.497 e. The Kier molecular flexibility index (Phi) is 19.4. The van der Waals surface area contributed by atoms with E-state index in [0.29, 0.717) is 53.0 Å². The Balaban J connectivity index is 1.26. The number of rotatable bonds is 21. The standard InChI is InChI=1S/C47H43Cl5N8O8/c1-25(61)42(59-57-38-9-5-7-35(40(38)51)44(63)54-31-17-27(13-15-48)19-33(22-31)67-3)46(65)53-30-11-12-37(29(21-30)24-50)56-47(66)43(26(2)62)60-58-39-10-6-8-36(41(39)52)45(64)55-32-18-28(14-16-49)20-34(23-32)68-4/h5-12,17-23,42-43H,13-16,24H2,1-4H3,(H,53,65)(H,54,63)(H,55,64)(H,56,66). The SMILES string of the molecule is COc1cc(CCCl)cc(NC(=O)c2cccc(N=NC(C(C)=O)C(=O)Nc3ccc(NC(=O)C(N=Nc4cccc(C(=O)Nc5cc(CCCl)cc(OC)c5)c4Cl)C(C)=O)c(CCl)c3)c2Cl)c1. The van der Waals surface area contributed by atoms with E-state index in [-0.39, 0.29) is 49.8 Å². The molecule has 5 aromatic rings. The third-order valence-electron chi connectivity index (χ3n) is 9.74. The Morgan fingerprint density at radius 1 is 0.559 bits per heavy atom. The van der Waals surface area contributed by atoms with Crippen molar-refractivity contribution in [1.82, 2.24) is 0 Å². The van der Waals surface area contributed by atoms with E-state index in [4.69, 9.17) is 67.5 Å². The second-order valence-corrected chi connectivity index (χ2v) is 16.4. The summed E-state index contributed by atoms with van der Waals surface area (Å²) in [6.07, 6.45) is 1.09. The molecule has 2 unspecified atom stereocenters. The average Bonchev–Trinajstić information content (AvgIpc) is 3.30. The van der Waals surface area contributed by atoms with Crippen LogP contribution in [0, 0.1) is 0 Å². The van der Waals surface area contributed by atoms with Crippen molar-refractivity contribution in [1.29, 1.82) is 0 Å². The number of hydrogen-bond donors (Lipinski definition) is 4. The van der Waals surface area contributed by atoms with Gasteiger partial charge in [-0.2, -0.15) is 20.5 Å². The van der Waals surface area contributed by atoms with Crippen molar-refractivity contribution in [2.45, 2.75) is 44.7 Å². The molecule has 5 aromatic carbocycles. The Hall–Kier alpha value is -6.43. The van der Waals surface area contributed by atoms with Gasteiger partial charge < -0.3 is 30.7 Å². The van der Waals surface area contributed by atoms with Crippen LogP contribution in [-0.2, 0) is 37.9 Å². The lowest BCUT2D eigenvalue weighted by Crippen LogP contribution is -2.32. The van der Waals surface area contributed by atoms with Gasteiger partial charge >= 0.3 is 0 Å². The van der Waals surface area contributed by atoms with E-state index in [0.717, 1.165) is 25.0 Å². The van der Waals surface area contributed by atoms with Gasteiger partial charge in [-0.15, -0.1) is 34.8 Å². The maximum atomic E-state index is 13.5. The molecular weight excluding hydrogens is 982 g/mol. The number of azo groups is 2. The maximum Gasteiger partial charge on any atom is 0.258 e. The topological polar surface area (TPSA) is 218 Å². The lowest BCUT2D eigenvalue weighted by atomic mass is 10.1. The van der Waals surface area contributed by atoms with Gasteiger partial charge in [0.2, 0.25) is 12.1 Å². The minimum absolute atomic E-state index is 0.0127. The molecule has 68 heavy (non-hydrogen) atoms. The van der Waals surface area contributed by atoms with Crippen molar-refractivity contribution in [3.05, 3.63) is 129 Å². The number of amides is 4. The second-order valence-electron chi connectivity index (χ2n) is 14.6. The van der Waals surface area contributed by atoms with Crippen LogP contribution in [0.2, 0.25) is 10.0 Å². The van der Waals surface area contributed by atoms with Crippen LogP contribution in [0.3, 0.4) is 0 Å². The van der Waals surface area contributed by atoms with Crippen molar-refractivity contribution >= 4 is 127 Å². The van der Waals surface area contributed by atoms with Crippen LogP contribution in [-0.4, -0.2) is 73.3 Å². The molecule has 21 heteroatoms. The van der Waals surface area contributed by atoms with Gasteiger partial charge in [0.25, 0.3) is 23.6 Å². The Labute approximate surface area is 416 Å². The summed E-state index contributed by atoms with van der Waals surface area (Å²) in [6.45, 7) is 2.30. The lowest BCUT2D eigenvalue weighted by molar-refractivity contribution is -0.127. The number of alkyl halides is 3. The summed E-state index contributed by atoms with van der Waals surface area (Å²) in [5.41, 5.74) is 3.37. The molecule has 0 fully saturated rings. The van der Waals surface area contributed by atoms with Crippen LogP contribution in [0.25, 0.3) is 0 Å². The number of nitrogens with one attached hydrogen (secondary N) is 4. The quantitative estimate of drug-likeness (QED) is 0.0314. The molecule has 4 N–H and O–H groups in total. The smallest absolute Gasteiger partial charge is 0.258 e. The van der Waals surface area contributed by atoms with Gasteiger partial charge in [-0.05, 0) is 110 Å². The van der Waals surface area contributed by atoms with Gasteiger partial charge in [-0.25, -0.2) is 0 Å². The number of carbonyl (C=O) groups is 6. The molecule has 0 heterocycles. The predicted molar refractivity (Wildman–Crippen MR) is 265 cm³/mol. The number of nitrogens with zero attached hydrogens (tertiary/aromatic N) is 4. The predicted octanol–water partition coefficient (Wildman–Crippen LogP) is 11.2. The van der Waals surface area contributed by atoms with Gasteiger partial charge in [-0.1, -0.05) is 35.3 Å². The number of aryl methyl sites for hydroxylation is 2. The molecule has 0 aliphatic carbocycles.